The van der Waals surface area contributed by atoms with Crippen LogP contribution >= 0.6 is 23.2 Å². The highest BCUT2D eigenvalue weighted by atomic mass is 35.5. The van der Waals surface area contributed by atoms with E-state index in [1.807, 2.05) is 0 Å². The lowest BCUT2D eigenvalue weighted by Crippen LogP contribution is -2.19. The van der Waals surface area contributed by atoms with Crippen LogP contribution in [-0.4, -0.2) is 18.9 Å². The number of methoxy groups -OCH3 is 1. The maximum atomic E-state index is 11.8. The van der Waals surface area contributed by atoms with Gasteiger partial charge >= 0.3 is 0 Å². The third kappa shape index (κ3) is 3.11. The Kier molecular flexibility index (Phi) is 4.59. The van der Waals surface area contributed by atoms with E-state index in [1.165, 1.54) is 19.2 Å². The third-order valence-electron chi connectivity index (χ3n) is 2.05. The number of carbonyl (C=O) groups is 1. The number of halogens is 2. The van der Waals surface area contributed by atoms with Crippen molar-refractivity contribution in [3.8, 4) is 5.75 Å². The summed E-state index contributed by atoms with van der Waals surface area (Å²) >= 11 is 11.9. The molecule has 3 nitrogen and oxygen atoms in total. The smallest absolute Gasteiger partial charge is 0.165 e. The molecule has 0 aliphatic rings. The van der Waals surface area contributed by atoms with Gasteiger partial charge in [-0.15, -0.1) is 0 Å². The van der Waals surface area contributed by atoms with Gasteiger partial charge in [-0.3, -0.25) is 4.79 Å². The van der Waals surface area contributed by atoms with Crippen molar-refractivity contribution >= 4 is 29.0 Å². The standard InChI is InChI=1S/C11H13Cl2NO2/c1-6(14)3-10(15)7-4-9(13)11(16-2)5-8(7)12/h4-6H,3,14H2,1-2H3. The molecule has 0 aliphatic heterocycles. The Bertz CT molecular complexity index is 405. The van der Waals surface area contributed by atoms with Gasteiger partial charge in [0.1, 0.15) is 5.75 Å². The van der Waals surface area contributed by atoms with Gasteiger partial charge in [0, 0.05) is 24.1 Å². The molecular formula is C11H13Cl2NO2. The van der Waals surface area contributed by atoms with E-state index in [4.69, 9.17) is 33.7 Å². The molecule has 0 bridgehead atoms. The maximum Gasteiger partial charge on any atom is 0.165 e. The van der Waals surface area contributed by atoms with Gasteiger partial charge in [0.15, 0.2) is 5.78 Å². The summed E-state index contributed by atoms with van der Waals surface area (Å²) in [5, 5.41) is 0.687. The van der Waals surface area contributed by atoms with Crippen molar-refractivity contribution in [1.82, 2.24) is 0 Å². The second-order valence-electron chi connectivity index (χ2n) is 3.57. The van der Waals surface area contributed by atoms with Crippen LogP contribution in [-0.2, 0) is 0 Å². The zero-order chi connectivity index (χ0) is 12.3. The van der Waals surface area contributed by atoms with Crippen LogP contribution in [0.25, 0.3) is 0 Å². The molecule has 1 atom stereocenters. The number of Topliss-reactive ketones (excluding diaryl/α,β-unsaturated/α-hetero) is 1. The van der Waals surface area contributed by atoms with Gasteiger partial charge in [-0.2, -0.15) is 0 Å². The van der Waals surface area contributed by atoms with Crippen molar-refractivity contribution in [1.29, 1.82) is 0 Å². The molecule has 0 saturated heterocycles. The molecule has 0 radical (unpaired) electrons. The number of ether oxygens (including phenoxy) is 1. The van der Waals surface area contributed by atoms with Gasteiger partial charge in [0.2, 0.25) is 0 Å². The fourth-order valence-electron chi connectivity index (χ4n) is 1.30. The van der Waals surface area contributed by atoms with Crippen molar-refractivity contribution in [3.05, 3.63) is 27.7 Å². The molecule has 0 aliphatic carbocycles. The Morgan fingerprint density at radius 1 is 1.44 bits per heavy atom. The summed E-state index contributed by atoms with van der Waals surface area (Å²) in [5.74, 6) is 0.327. The van der Waals surface area contributed by atoms with E-state index in [9.17, 15) is 4.79 Å². The van der Waals surface area contributed by atoms with E-state index in [2.05, 4.69) is 0 Å². The van der Waals surface area contributed by atoms with Crippen molar-refractivity contribution in [2.45, 2.75) is 19.4 Å². The normalized spacial score (nSPS) is 12.3. The van der Waals surface area contributed by atoms with Crippen LogP contribution < -0.4 is 10.5 Å². The number of benzene rings is 1. The van der Waals surface area contributed by atoms with Crippen LogP contribution in [0.4, 0.5) is 0 Å². The molecule has 5 heteroatoms. The minimum absolute atomic E-state index is 0.121. The predicted molar refractivity (Wildman–Crippen MR) is 65.6 cm³/mol. The average molecular weight is 262 g/mol. The molecule has 0 spiro atoms. The fourth-order valence-corrected chi connectivity index (χ4v) is 1.80. The molecule has 0 saturated carbocycles. The zero-order valence-electron chi connectivity index (χ0n) is 9.09. The lowest BCUT2D eigenvalue weighted by molar-refractivity contribution is 0.0976. The molecule has 0 heterocycles. The number of nitrogens with two attached hydrogens (primary N) is 1. The number of hydrogen-bond donors (Lipinski definition) is 1. The first kappa shape index (κ1) is 13.3. The van der Waals surface area contributed by atoms with Gasteiger partial charge in [0.05, 0.1) is 17.2 Å². The van der Waals surface area contributed by atoms with Crippen molar-refractivity contribution < 1.29 is 9.53 Å². The minimum atomic E-state index is -0.204. The molecule has 1 unspecified atom stereocenters. The summed E-state index contributed by atoms with van der Waals surface area (Å²) in [4.78, 5) is 11.8. The lowest BCUT2D eigenvalue weighted by Gasteiger charge is -2.09. The molecular weight excluding hydrogens is 249 g/mol. The highest BCUT2D eigenvalue weighted by Gasteiger charge is 2.15. The molecule has 16 heavy (non-hydrogen) atoms. The first-order valence-electron chi connectivity index (χ1n) is 4.77. The fraction of sp³-hybridized carbons (Fsp3) is 0.364. The summed E-state index contributed by atoms with van der Waals surface area (Å²) in [6.07, 6.45) is 0.238. The van der Waals surface area contributed by atoms with Crippen LogP contribution in [0.5, 0.6) is 5.75 Å². The first-order valence-corrected chi connectivity index (χ1v) is 5.53. The van der Waals surface area contributed by atoms with Crippen LogP contribution in [0.1, 0.15) is 23.7 Å². The van der Waals surface area contributed by atoms with E-state index in [0.717, 1.165) is 0 Å². The minimum Gasteiger partial charge on any atom is -0.495 e. The lowest BCUT2D eigenvalue weighted by atomic mass is 10.0. The number of rotatable bonds is 4. The second kappa shape index (κ2) is 5.53. The van der Waals surface area contributed by atoms with Crippen molar-refractivity contribution in [3.63, 3.8) is 0 Å². The van der Waals surface area contributed by atoms with Gasteiger partial charge in [0.25, 0.3) is 0 Å². The summed E-state index contributed by atoms with van der Waals surface area (Å²) in [6.45, 7) is 1.76. The van der Waals surface area contributed by atoms with E-state index in [0.29, 0.717) is 21.4 Å². The molecule has 1 rings (SSSR count). The van der Waals surface area contributed by atoms with Gasteiger partial charge < -0.3 is 10.5 Å². The monoisotopic (exact) mass is 261 g/mol. The Labute approximate surface area is 104 Å². The Morgan fingerprint density at radius 3 is 2.56 bits per heavy atom. The van der Waals surface area contributed by atoms with Crippen LogP contribution in [0, 0.1) is 0 Å². The van der Waals surface area contributed by atoms with Gasteiger partial charge in [-0.05, 0) is 13.0 Å². The first-order chi connectivity index (χ1) is 7.45. The van der Waals surface area contributed by atoms with Crippen LogP contribution in [0.15, 0.2) is 12.1 Å². The highest BCUT2D eigenvalue weighted by molar-refractivity contribution is 6.36. The quantitative estimate of drug-likeness (QED) is 0.849. The number of ketones is 1. The largest absolute Gasteiger partial charge is 0.495 e. The molecule has 0 aromatic heterocycles. The second-order valence-corrected chi connectivity index (χ2v) is 4.39. The Balaban J connectivity index is 3.06. The molecule has 0 amide bonds. The zero-order valence-corrected chi connectivity index (χ0v) is 10.6. The summed E-state index contributed by atoms with van der Waals surface area (Å²) in [5.41, 5.74) is 5.93. The SMILES string of the molecule is COc1cc(Cl)c(C(=O)CC(C)N)cc1Cl. The van der Waals surface area contributed by atoms with Crippen molar-refractivity contribution in [2.75, 3.05) is 7.11 Å². The topological polar surface area (TPSA) is 52.3 Å². The molecule has 1 aromatic rings. The molecule has 88 valence electrons. The highest BCUT2D eigenvalue weighted by Crippen LogP contribution is 2.31. The molecule has 0 fully saturated rings. The summed E-state index contributed by atoms with van der Waals surface area (Å²) in [7, 11) is 1.49. The Morgan fingerprint density at radius 2 is 2.06 bits per heavy atom. The van der Waals surface area contributed by atoms with Crippen molar-refractivity contribution in [2.24, 2.45) is 5.73 Å². The van der Waals surface area contributed by atoms with Crippen LogP contribution in [0.2, 0.25) is 10.0 Å². The van der Waals surface area contributed by atoms with E-state index in [-0.39, 0.29) is 18.2 Å². The molecule has 1 aromatic carbocycles. The van der Waals surface area contributed by atoms with Gasteiger partial charge in [-0.1, -0.05) is 23.2 Å². The van der Waals surface area contributed by atoms with E-state index < -0.39 is 0 Å². The third-order valence-corrected chi connectivity index (χ3v) is 2.66. The number of hydrogen-bond acceptors (Lipinski definition) is 3. The number of carbonyl (C=O) groups excluding carboxylic acids is 1. The predicted octanol–water partition coefficient (Wildman–Crippen LogP) is 2.92. The Hall–Kier alpha value is -0.770. The van der Waals surface area contributed by atoms with Crippen LogP contribution in [0.3, 0.4) is 0 Å². The summed E-state index contributed by atoms with van der Waals surface area (Å²) in [6, 6.07) is 2.83. The average Bonchev–Trinajstić information content (AvgIpc) is 2.19. The van der Waals surface area contributed by atoms with E-state index >= 15 is 0 Å². The van der Waals surface area contributed by atoms with E-state index in [1.54, 1.807) is 6.92 Å². The maximum absolute atomic E-state index is 11.8. The van der Waals surface area contributed by atoms with Gasteiger partial charge in [-0.25, -0.2) is 0 Å². The summed E-state index contributed by atoms with van der Waals surface area (Å²) < 4.78 is 4.99. The molecule has 2 N–H and O–H groups in total.